The second-order valence-electron chi connectivity index (χ2n) is 7.57. The first-order valence-electron chi connectivity index (χ1n) is 9.71. The Hall–Kier alpha value is -1.83. The van der Waals surface area contributed by atoms with Crippen LogP contribution in [0, 0.1) is 11.6 Å². The lowest BCUT2D eigenvalue weighted by Crippen LogP contribution is -2.33. The van der Waals surface area contributed by atoms with Gasteiger partial charge in [-0.25, -0.2) is 17.2 Å². The molecule has 0 amide bonds. The largest absolute Gasteiger partial charge is 0.299 e. The average molecular weight is 425 g/mol. The minimum atomic E-state index is -3.22. The lowest BCUT2D eigenvalue weighted by atomic mass is 10.1. The van der Waals surface area contributed by atoms with E-state index < -0.39 is 9.84 Å². The van der Waals surface area contributed by atoms with Gasteiger partial charge < -0.3 is 0 Å². The topological polar surface area (TPSA) is 40.6 Å². The van der Waals surface area contributed by atoms with E-state index >= 15 is 0 Å². The van der Waals surface area contributed by atoms with Crippen LogP contribution in [-0.2, 0) is 9.84 Å². The number of nitrogens with zero attached hydrogens (tertiary/aromatic N) is 2. The van der Waals surface area contributed by atoms with Crippen LogP contribution in [0.4, 0.5) is 8.78 Å². The van der Waals surface area contributed by atoms with Gasteiger partial charge in [-0.1, -0.05) is 24.3 Å². The van der Waals surface area contributed by atoms with Crippen LogP contribution in [0.2, 0.25) is 0 Å². The fourth-order valence-corrected chi connectivity index (χ4v) is 4.38. The molecule has 0 bridgehead atoms. The third-order valence-electron chi connectivity index (χ3n) is 5.54. The molecule has 160 valence electrons. The molecule has 4 nitrogen and oxygen atoms in total. The third kappa shape index (κ3) is 7.17. The van der Waals surface area contributed by atoms with Gasteiger partial charge in [-0.15, -0.1) is 0 Å². The van der Waals surface area contributed by atoms with E-state index in [4.69, 9.17) is 0 Å². The molecular weight excluding hydrogens is 394 g/mol. The standard InChI is InChI=1S/C22H30F2N2O2S/c1-17(19-5-9-21(23)10-6-19)25(3)13-15-29(27,28)16-14-26(4)18(2)20-7-11-22(24)12-8-20/h5-12,17-18H,13-16H2,1-4H3/t17-,18-/m0/s1. The van der Waals surface area contributed by atoms with Crippen molar-refractivity contribution in [2.45, 2.75) is 25.9 Å². The van der Waals surface area contributed by atoms with Crippen molar-refractivity contribution in [3.63, 3.8) is 0 Å². The molecule has 0 spiro atoms. The van der Waals surface area contributed by atoms with Gasteiger partial charge in [0.15, 0.2) is 9.84 Å². The maximum Gasteiger partial charge on any atom is 0.152 e. The maximum absolute atomic E-state index is 13.1. The Balaban J connectivity index is 1.84. The van der Waals surface area contributed by atoms with Crippen LogP contribution in [0.5, 0.6) is 0 Å². The first-order chi connectivity index (χ1) is 13.6. The van der Waals surface area contributed by atoms with Crippen molar-refractivity contribution >= 4 is 9.84 Å². The van der Waals surface area contributed by atoms with E-state index in [1.54, 1.807) is 24.3 Å². The Morgan fingerprint density at radius 2 is 1.03 bits per heavy atom. The molecule has 0 radical (unpaired) electrons. The van der Waals surface area contributed by atoms with Crippen LogP contribution < -0.4 is 0 Å². The van der Waals surface area contributed by atoms with Gasteiger partial charge in [0.2, 0.25) is 0 Å². The zero-order valence-corrected chi connectivity index (χ0v) is 18.3. The molecule has 0 aromatic heterocycles. The smallest absolute Gasteiger partial charge is 0.152 e. The van der Waals surface area contributed by atoms with E-state index in [2.05, 4.69) is 0 Å². The van der Waals surface area contributed by atoms with Gasteiger partial charge in [-0.05, 0) is 63.3 Å². The predicted octanol–water partition coefficient (Wildman–Crippen LogP) is 4.07. The van der Waals surface area contributed by atoms with Gasteiger partial charge >= 0.3 is 0 Å². The number of hydrogen-bond donors (Lipinski definition) is 0. The normalized spacial score (nSPS) is 14.3. The van der Waals surface area contributed by atoms with Crippen LogP contribution in [0.25, 0.3) is 0 Å². The first-order valence-corrected chi connectivity index (χ1v) is 11.5. The van der Waals surface area contributed by atoms with Crippen molar-refractivity contribution in [1.82, 2.24) is 9.80 Å². The van der Waals surface area contributed by atoms with Crippen LogP contribution in [0.3, 0.4) is 0 Å². The second kappa shape index (κ2) is 10.3. The summed E-state index contributed by atoms with van der Waals surface area (Å²) in [6.07, 6.45) is 0. The Morgan fingerprint density at radius 1 is 0.724 bits per heavy atom. The summed E-state index contributed by atoms with van der Waals surface area (Å²) in [5.41, 5.74) is 1.89. The van der Waals surface area contributed by atoms with Crippen molar-refractivity contribution in [1.29, 1.82) is 0 Å². The molecule has 0 unspecified atom stereocenters. The Labute approximate surface area is 173 Å². The summed E-state index contributed by atoms with van der Waals surface area (Å²) in [5, 5.41) is 0. The van der Waals surface area contributed by atoms with Gasteiger partial charge in [0.1, 0.15) is 11.6 Å². The van der Waals surface area contributed by atoms with Gasteiger partial charge in [0, 0.05) is 25.2 Å². The summed E-state index contributed by atoms with van der Waals surface area (Å²) < 4.78 is 51.1. The molecule has 29 heavy (non-hydrogen) atoms. The highest BCUT2D eigenvalue weighted by atomic mass is 32.2. The highest BCUT2D eigenvalue weighted by Gasteiger charge is 2.19. The van der Waals surface area contributed by atoms with E-state index in [1.807, 2.05) is 37.7 Å². The summed E-state index contributed by atoms with van der Waals surface area (Å²) in [5.74, 6) is -0.447. The molecule has 0 heterocycles. The lowest BCUT2D eigenvalue weighted by molar-refractivity contribution is 0.272. The minimum Gasteiger partial charge on any atom is -0.299 e. The zero-order chi connectivity index (χ0) is 21.6. The fourth-order valence-electron chi connectivity index (χ4n) is 3.05. The van der Waals surface area contributed by atoms with Crippen LogP contribution >= 0.6 is 0 Å². The van der Waals surface area contributed by atoms with Crippen molar-refractivity contribution in [3.05, 3.63) is 71.3 Å². The molecule has 2 aromatic carbocycles. The molecule has 2 aromatic rings. The lowest BCUT2D eigenvalue weighted by Gasteiger charge is -2.26. The molecular formula is C22H30F2N2O2S. The number of sulfone groups is 1. The van der Waals surface area contributed by atoms with Crippen LogP contribution in [-0.4, -0.2) is 56.9 Å². The van der Waals surface area contributed by atoms with E-state index in [-0.39, 0.29) is 35.2 Å². The van der Waals surface area contributed by atoms with Crippen molar-refractivity contribution in [3.8, 4) is 0 Å². The highest BCUT2D eigenvalue weighted by molar-refractivity contribution is 7.91. The Morgan fingerprint density at radius 3 is 1.34 bits per heavy atom. The fraction of sp³-hybridized carbons (Fsp3) is 0.455. The Kier molecular flexibility index (Phi) is 8.31. The Bertz CT molecular complexity index is 803. The highest BCUT2D eigenvalue weighted by Crippen LogP contribution is 2.20. The molecule has 0 aliphatic rings. The minimum absolute atomic E-state index is 0.00743. The number of rotatable bonds is 10. The molecule has 0 N–H and O–H groups in total. The summed E-state index contributed by atoms with van der Waals surface area (Å²) in [7, 11) is 0.515. The van der Waals surface area contributed by atoms with Gasteiger partial charge in [-0.3, -0.25) is 9.80 Å². The van der Waals surface area contributed by atoms with E-state index in [0.717, 1.165) is 11.1 Å². The van der Waals surface area contributed by atoms with E-state index in [1.165, 1.54) is 24.3 Å². The molecule has 2 rings (SSSR count). The quantitative estimate of drug-likeness (QED) is 0.577. The molecule has 0 aliphatic heterocycles. The molecule has 0 aliphatic carbocycles. The molecule has 7 heteroatoms. The van der Waals surface area contributed by atoms with Gasteiger partial charge in [-0.2, -0.15) is 0 Å². The van der Waals surface area contributed by atoms with E-state index in [9.17, 15) is 17.2 Å². The predicted molar refractivity (Wildman–Crippen MR) is 114 cm³/mol. The average Bonchev–Trinajstić information content (AvgIpc) is 2.70. The van der Waals surface area contributed by atoms with Crippen molar-refractivity contribution in [2.24, 2.45) is 0 Å². The summed E-state index contributed by atoms with van der Waals surface area (Å²) in [4.78, 5) is 3.91. The molecule has 0 fully saturated rings. The monoisotopic (exact) mass is 424 g/mol. The summed E-state index contributed by atoms with van der Waals surface area (Å²) in [6, 6.07) is 12.5. The molecule has 0 saturated heterocycles. The number of halogens is 2. The molecule has 0 saturated carbocycles. The van der Waals surface area contributed by atoms with Crippen molar-refractivity contribution in [2.75, 3.05) is 38.7 Å². The van der Waals surface area contributed by atoms with Gasteiger partial charge in [0.05, 0.1) is 11.5 Å². The van der Waals surface area contributed by atoms with E-state index in [0.29, 0.717) is 13.1 Å². The third-order valence-corrected chi connectivity index (χ3v) is 7.15. The second-order valence-corrected chi connectivity index (χ2v) is 9.87. The SMILES string of the molecule is C[C@@H](c1ccc(F)cc1)N(C)CCS(=O)(=O)CCN(C)[C@@H](C)c1ccc(F)cc1. The number of benzene rings is 2. The summed E-state index contributed by atoms with van der Waals surface area (Å²) in [6.45, 7) is 4.74. The zero-order valence-electron chi connectivity index (χ0n) is 17.5. The maximum atomic E-state index is 13.1. The number of hydrogen-bond acceptors (Lipinski definition) is 4. The van der Waals surface area contributed by atoms with Crippen LogP contribution in [0.1, 0.15) is 37.1 Å². The molecule has 2 atom stereocenters. The summed E-state index contributed by atoms with van der Waals surface area (Å²) >= 11 is 0. The van der Waals surface area contributed by atoms with Crippen molar-refractivity contribution < 1.29 is 17.2 Å². The van der Waals surface area contributed by atoms with Crippen LogP contribution in [0.15, 0.2) is 48.5 Å². The first kappa shape index (κ1) is 23.4. The van der Waals surface area contributed by atoms with Gasteiger partial charge in [0.25, 0.3) is 0 Å².